The highest BCUT2D eigenvalue weighted by atomic mass is 19.1. The quantitative estimate of drug-likeness (QED) is 0.438. The van der Waals surface area contributed by atoms with E-state index in [1.54, 1.807) is 4.90 Å². The first-order chi connectivity index (χ1) is 17.7. The summed E-state index contributed by atoms with van der Waals surface area (Å²) in [5.41, 5.74) is 9.92. The first-order valence-corrected chi connectivity index (χ1v) is 13.2. The minimum Gasteiger partial charge on any atom is -0.444 e. The lowest BCUT2D eigenvalue weighted by molar-refractivity contribution is 0.0107. The van der Waals surface area contributed by atoms with E-state index in [1.165, 1.54) is 6.07 Å². The second-order valence-electron chi connectivity index (χ2n) is 12.2. The molecule has 202 valence electrons. The van der Waals surface area contributed by atoms with E-state index in [4.69, 9.17) is 10.5 Å². The summed E-state index contributed by atoms with van der Waals surface area (Å²) in [7, 11) is 0. The van der Waals surface area contributed by atoms with Gasteiger partial charge in [0, 0.05) is 29.7 Å². The van der Waals surface area contributed by atoms with E-state index in [0.717, 1.165) is 34.4 Å². The molecule has 0 saturated heterocycles. The Morgan fingerprint density at radius 2 is 1.89 bits per heavy atom. The molecule has 8 heteroatoms. The summed E-state index contributed by atoms with van der Waals surface area (Å²) in [6, 6.07) is 6.97. The molecule has 0 fully saturated rings. The fraction of sp³-hybridized carbons (Fsp3) is 0.467. The largest absolute Gasteiger partial charge is 0.444 e. The van der Waals surface area contributed by atoms with Crippen LogP contribution in [0.3, 0.4) is 0 Å². The molecule has 7 nitrogen and oxygen atoms in total. The lowest BCUT2D eigenvalue weighted by Gasteiger charge is -2.33. The Kier molecular flexibility index (Phi) is 6.29. The molecule has 1 aliphatic heterocycles. The van der Waals surface area contributed by atoms with Gasteiger partial charge in [0.2, 0.25) is 0 Å². The number of nitrogens with zero attached hydrogens (tertiary/aromatic N) is 1. The first-order valence-electron chi connectivity index (χ1n) is 13.2. The third-order valence-corrected chi connectivity index (χ3v) is 7.87. The maximum Gasteiger partial charge on any atom is 0.410 e. The number of H-pyrrole nitrogens is 1. The molecule has 2 aromatic carbocycles. The molecule has 0 spiro atoms. The Labute approximate surface area is 222 Å². The Bertz CT molecular complexity index is 1440. The number of aliphatic hydroxyl groups is 1. The lowest BCUT2D eigenvalue weighted by atomic mass is 9.77. The Hall–Kier alpha value is -3.39. The molecule has 0 bridgehead atoms. The smallest absolute Gasteiger partial charge is 0.410 e. The van der Waals surface area contributed by atoms with E-state index < -0.39 is 22.9 Å². The molecule has 38 heavy (non-hydrogen) atoms. The second kappa shape index (κ2) is 9.12. The van der Waals surface area contributed by atoms with Gasteiger partial charge in [-0.05, 0) is 94.5 Å². The van der Waals surface area contributed by atoms with Gasteiger partial charge in [-0.25, -0.2) is 9.18 Å². The van der Waals surface area contributed by atoms with Gasteiger partial charge in [-0.3, -0.25) is 4.79 Å². The fourth-order valence-corrected chi connectivity index (χ4v) is 5.96. The molecule has 0 saturated carbocycles. The van der Waals surface area contributed by atoms with Gasteiger partial charge in [-0.2, -0.15) is 0 Å². The van der Waals surface area contributed by atoms with Crippen molar-refractivity contribution in [2.45, 2.75) is 78.0 Å². The van der Waals surface area contributed by atoms with E-state index in [9.17, 15) is 14.7 Å². The molecule has 5 rings (SSSR count). The number of amides is 2. The van der Waals surface area contributed by atoms with Crippen LogP contribution in [0.2, 0.25) is 0 Å². The average Bonchev–Trinajstić information content (AvgIpc) is 3.20. The summed E-state index contributed by atoms with van der Waals surface area (Å²) in [5, 5.41) is 11.3. The molecule has 2 amide bonds. The summed E-state index contributed by atoms with van der Waals surface area (Å²) in [6.45, 7) is 9.97. The van der Waals surface area contributed by atoms with Crippen molar-refractivity contribution in [1.29, 1.82) is 0 Å². The van der Waals surface area contributed by atoms with Gasteiger partial charge in [0.05, 0.1) is 16.7 Å². The number of aromatic nitrogens is 1. The van der Waals surface area contributed by atoms with Crippen LogP contribution in [0.15, 0.2) is 24.3 Å². The molecule has 0 radical (unpaired) electrons. The minimum absolute atomic E-state index is 0.0386. The van der Waals surface area contributed by atoms with Crippen molar-refractivity contribution in [3.63, 3.8) is 0 Å². The topological polar surface area (TPSA) is 109 Å². The molecular formula is C30H36FN3O4. The van der Waals surface area contributed by atoms with Gasteiger partial charge >= 0.3 is 6.09 Å². The molecule has 2 heterocycles. The number of primary amides is 1. The van der Waals surface area contributed by atoms with Crippen molar-refractivity contribution < 1.29 is 23.8 Å². The molecule has 1 aromatic heterocycles. The molecule has 1 atom stereocenters. The van der Waals surface area contributed by atoms with Crippen molar-refractivity contribution in [2.75, 3.05) is 6.54 Å². The first kappa shape index (κ1) is 26.2. The number of hydrogen-bond donors (Lipinski definition) is 3. The summed E-state index contributed by atoms with van der Waals surface area (Å²) >= 11 is 0. The molecule has 2 aliphatic rings. The zero-order valence-electron chi connectivity index (χ0n) is 22.7. The highest BCUT2D eigenvalue weighted by molar-refractivity contribution is 6.11. The van der Waals surface area contributed by atoms with Crippen molar-refractivity contribution in [3.05, 3.63) is 58.0 Å². The number of aromatic amines is 1. The summed E-state index contributed by atoms with van der Waals surface area (Å²) in [6.07, 6.45) is 2.19. The van der Waals surface area contributed by atoms with Gasteiger partial charge in [-0.1, -0.05) is 18.2 Å². The van der Waals surface area contributed by atoms with Gasteiger partial charge in [-0.15, -0.1) is 0 Å². The van der Waals surface area contributed by atoms with Gasteiger partial charge in [0.25, 0.3) is 5.91 Å². The van der Waals surface area contributed by atoms with Crippen molar-refractivity contribution in [3.8, 4) is 11.1 Å². The predicted molar refractivity (Wildman–Crippen MR) is 144 cm³/mol. The monoisotopic (exact) mass is 521 g/mol. The third-order valence-electron chi connectivity index (χ3n) is 7.87. The Morgan fingerprint density at radius 1 is 1.16 bits per heavy atom. The number of carbonyl (C=O) groups is 2. The number of nitrogens with one attached hydrogen (secondary N) is 1. The van der Waals surface area contributed by atoms with Crippen molar-refractivity contribution >= 4 is 22.9 Å². The number of carbonyl (C=O) groups excluding carboxylic acids is 2. The number of ether oxygens (including phenoxy) is 1. The third kappa shape index (κ3) is 4.66. The molecule has 3 aromatic rings. The highest BCUT2D eigenvalue weighted by Gasteiger charge is 2.35. The maximum absolute atomic E-state index is 16.0. The Balaban J connectivity index is 1.63. The number of fused-ring (bicyclic) bond motifs is 4. The molecule has 1 unspecified atom stereocenters. The lowest BCUT2D eigenvalue weighted by Crippen LogP contribution is -2.40. The minimum atomic E-state index is -0.853. The zero-order valence-corrected chi connectivity index (χ0v) is 22.7. The van der Waals surface area contributed by atoms with Crippen LogP contribution in [-0.2, 0) is 30.5 Å². The summed E-state index contributed by atoms with van der Waals surface area (Å²) < 4.78 is 21.5. The average molecular weight is 522 g/mol. The van der Waals surface area contributed by atoms with Crippen LogP contribution in [0.4, 0.5) is 9.18 Å². The molecular weight excluding hydrogens is 485 g/mol. The highest BCUT2D eigenvalue weighted by Crippen LogP contribution is 2.44. The number of benzene rings is 2. The number of aryl methyl sites for hydroxylation is 1. The predicted octanol–water partition coefficient (Wildman–Crippen LogP) is 5.24. The Morgan fingerprint density at radius 3 is 2.55 bits per heavy atom. The standard InChI is InChI=1S/C30H36FN3O4/c1-29(2,3)38-28(36)34-12-11-18-16(15-34)7-6-8-19(18)24-22(31)14-21(27(32)35)26-25(24)20-10-9-17(30(4,5)37)13-23(20)33-26/h6-8,14,17,33,37H,9-13,15H2,1-5H3,(H2,32,35). The van der Waals surface area contributed by atoms with E-state index in [-0.39, 0.29) is 17.6 Å². The SMILES string of the molecule is CC(C)(C)OC(=O)N1CCc2c(cccc2-c2c(F)cc(C(N)=O)c3[nH]c4c(c23)CCC(C(C)(C)O)C4)C1. The van der Waals surface area contributed by atoms with E-state index >= 15 is 4.39 Å². The summed E-state index contributed by atoms with van der Waals surface area (Å²) in [5.74, 6) is -1.15. The van der Waals surface area contributed by atoms with Crippen LogP contribution in [0.5, 0.6) is 0 Å². The van der Waals surface area contributed by atoms with Gasteiger partial charge in [0.15, 0.2) is 0 Å². The van der Waals surface area contributed by atoms with Crippen LogP contribution in [0.1, 0.15) is 73.8 Å². The van der Waals surface area contributed by atoms with Crippen LogP contribution in [-0.4, -0.2) is 44.7 Å². The fourth-order valence-electron chi connectivity index (χ4n) is 5.96. The number of nitrogens with two attached hydrogens (primary N) is 1. The van der Waals surface area contributed by atoms with Crippen LogP contribution in [0, 0.1) is 11.7 Å². The van der Waals surface area contributed by atoms with Gasteiger partial charge in [0.1, 0.15) is 11.4 Å². The van der Waals surface area contributed by atoms with Crippen LogP contribution in [0.25, 0.3) is 22.0 Å². The maximum atomic E-state index is 16.0. The van der Waals surface area contributed by atoms with Crippen molar-refractivity contribution in [1.82, 2.24) is 9.88 Å². The van der Waals surface area contributed by atoms with Crippen molar-refractivity contribution in [2.24, 2.45) is 11.7 Å². The van der Waals surface area contributed by atoms with Crippen LogP contribution < -0.4 is 5.73 Å². The molecule has 4 N–H and O–H groups in total. The molecule has 1 aliphatic carbocycles. The van der Waals surface area contributed by atoms with E-state index in [0.29, 0.717) is 48.8 Å². The van der Waals surface area contributed by atoms with E-state index in [2.05, 4.69) is 4.98 Å². The summed E-state index contributed by atoms with van der Waals surface area (Å²) in [4.78, 5) is 30.1. The number of halogens is 1. The second-order valence-corrected chi connectivity index (χ2v) is 12.2. The van der Waals surface area contributed by atoms with E-state index in [1.807, 2.05) is 52.8 Å². The van der Waals surface area contributed by atoms with Gasteiger partial charge < -0.3 is 25.5 Å². The number of hydrogen-bond acceptors (Lipinski definition) is 4. The van der Waals surface area contributed by atoms with Crippen LogP contribution >= 0.6 is 0 Å². The number of rotatable bonds is 3. The zero-order chi connectivity index (χ0) is 27.6. The normalized spacial score (nSPS) is 17.8.